The highest BCUT2D eigenvalue weighted by Crippen LogP contribution is 2.30. The summed E-state index contributed by atoms with van der Waals surface area (Å²) in [6.07, 6.45) is 3.13. The lowest BCUT2D eigenvalue weighted by atomic mass is 10.2. The smallest absolute Gasteiger partial charge is 0.223 e. The Morgan fingerprint density at radius 3 is 2.92 bits per heavy atom. The lowest BCUT2D eigenvalue weighted by Crippen LogP contribution is -2.36. The maximum atomic E-state index is 11.9. The number of imidazole rings is 1. The number of nitrogens with one attached hydrogen (secondary N) is 1. The summed E-state index contributed by atoms with van der Waals surface area (Å²) < 4.78 is 31.1. The molecule has 7 nitrogen and oxygen atoms in total. The Balaban J connectivity index is 1.66. The summed E-state index contributed by atoms with van der Waals surface area (Å²) in [7, 11) is -3.27. The number of carbonyl (C=O) groups is 1. The second-order valence-electron chi connectivity index (χ2n) is 6.51. The third-order valence-corrected chi connectivity index (χ3v) is 5.64. The Hall–Kier alpha value is -1.93. The zero-order valence-electron chi connectivity index (χ0n) is 13.4. The van der Waals surface area contributed by atoms with E-state index in [1.54, 1.807) is 18.2 Å². The summed E-state index contributed by atoms with van der Waals surface area (Å²) in [5.41, 5.74) is 1.50. The van der Waals surface area contributed by atoms with Gasteiger partial charge in [-0.05, 0) is 31.0 Å². The fourth-order valence-electron chi connectivity index (χ4n) is 3.09. The number of carbonyl (C=O) groups excluding carboxylic acids is 1. The monoisotopic (exact) mass is 349 g/mol. The number of aromatic nitrogens is 2. The van der Waals surface area contributed by atoms with Crippen LogP contribution in [0.4, 0.5) is 0 Å². The van der Waals surface area contributed by atoms with Gasteiger partial charge >= 0.3 is 0 Å². The molecule has 1 N–H and O–H groups in total. The van der Waals surface area contributed by atoms with Gasteiger partial charge in [-0.15, -0.1) is 0 Å². The van der Waals surface area contributed by atoms with Crippen LogP contribution in [-0.2, 0) is 26.0 Å². The van der Waals surface area contributed by atoms with Crippen LogP contribution in [0.3, 0.4) is 0 Å². The highest BCUT2D eigenvalue weighted by Gasteiger charge is 2.31. The molecule has 4 rings (SSSR count). The van der Waals surface area contributed by atoms with Crippen LogP contribution in [0.1, 0.15) is 24.7 Å². The van der Waals surface area contributed by atoms with Crippen molar-refractivity contribution < 1.29 is 17.9 Å². The van der Waals surface area contributed by atoms with E-state index in [0.717, 1.165) is 24.2 Å². The standard InChI is InChI=1S/C16H19N3O4S/c1-24(21,22)12-4-5-14-13(6-12)18-15-9-23-8-11(19(14)15)7-17-16(20)10-2-3-10/h4-6,10-11H,2-3,7-9H2,1H3,(H,17,20). The Morgan fingerprint density at radius 2 is 2.21 bits per heavy atom. The third kappa shape index (κ3) is 2.80. The highest BCUT2D eigenvalue weighted by molar-refractivity contribution is 7.90. The van der Waals surface area contributed by atoms with E-state index in [9.17, 15) is 13.2 Å². The largest absolute Gasteiger partial charge is 0.371 e. The van der Waals surface area contributed by atoms with E-state index >= 15 is 0 Å². The van der Waals surface area contributed by atoms with Crippen LogP contribution in [0.2, 0.25) is 0 Å². The van der Waals surface area contributed by atoms with Crippen LogP contribution in [0, 0.1) is 5.92 Å². The number of fused-ring (bicyclic) bond motifs is 3. The molecule has 2 heterocycles. The lowest BCUT2D eigenvalue weighted by Gasteiger charge is -2.26. The van der Waals surface area contributed by atoms with E-state index in [1.807, 2.05) is 0 Å². The Morgan fingerprint density at radius 1 is 1.42 bits per heavy atom. The predicted molar refractivity (Wildman–Crippen MR) is 87.3 cm³/mol. The molecule has 24 heavy (non-hydrogen) atoms. The maximum absolute atomic E-state index is 11.9. The van der Waals surface area contributed by atoms with Crippen LogP contribution >= 0.6 is 0 Å². The second kappa shape index (κ2) is 5.56. The van der Waals surface area contributed by atoms with Gasteiger partial charge in [0.05, 0.1) is 28.6 Å². The first-order valence-electron chi connectivity index (χ1n) is 8.00. The van der Waals surface area contributed by atoms with Gasteiger partial charge in [-0.2, -0.15) is 0 Å². The molecule has 2 aliphatic rings. The molecule has 0 radical (unpaired) electrons. The minimum atomic E-state index is -3.27. The predicted octanol–water partition coefficient (Wildman–Crippen LogP) is 1.04. The summed E-state index contributed by atoms with van der Waals surface area (Å²) >= 11 is 0. The number of nitrogens with zero attached hydrogens (tertiary/aromatic N) is 2. The van der Waals surface area contributed by atoms with Crippen molar-refractivity contribution in [1.29, 1.82) is 0 Å². The summed E-state index contributed by atoms with van der Waals surface area (Å²) in [5.74, 6) is 1.03. The molecule has 1 unspecified atom stereocenters. The Bertz CT molecular complexity index is 915. The topological polar surface area (TPSA) is 90.3 Å². The number of benzene rings is 1. The molecule has 128 valence electrons. The van der Waals surface area contributed by atoms with E-state index in [2.05, 4.69) is 14.9 Å². The number of sulfone groups is 1. The molecule has 1 amide bonds. The molecule has 1 aliphatic carbocycles. The van der Waals surface area contributed by atoms with Crippen molar-refractivity contribution in [1.82, 2.24) is 14.9 Å². The van der Waals surface area contributed by atoms with Crippen molar-refractivity contribution in [3.63, 3.8) is 0 Å². The molecule has 1 aromatic carbocycles. The molecule has 0 bridgehead atoms. The average molecular weight is 349 g/mol. The minimum absolute atomic E-state index is 0.0365. The van der Waals surface area contributed by atoms with Crippen molar-refractivity contribution in [2.45, 2.75) is 30.4 Å². The number of ether oxygens (including phenoxy) is 1. The van der Waals surface area contributed by atoms with Crippen LogP contribution in [-0.4, -0.2) is 43.3 Å². The first kappa shape index (κ1) is 15.6. The third-order valence-electron chi connectivity index (χ3n) is 4.53. The van der Waals surface area contributed by atoms with Crippen molar-refractivity contribution in [2.75, 3.05) is 19.4 Å². The van der Waals surface area contributed by atoms with Crippen LogP contribution in [0.5, 0.6) is 0 Å². The van der Waals surface area contributed by atoms with Gasteiger partial charge in [-0.25, -0.2) is 13.4 Å². The van der Waals surface area contributed by atoms with Gasteiger partial charge in [0.1, 0.15) is 12.4 Å². The molecular formula is C16H19N3O4S. The van der Waals surface area contributed by atoms with Gasteiger partial charge in [0, 0.05) is 18.7 Å². The average Bonchev–Trinajstić information content (AvgIpc) is 3.31. The van der Waals surface area contributed by atoms with Gasteiger partial charge in [-0.1, -0.05) is 0 Å². The van der Waals surface area contributed by atoms with E-state index in [4.69, 9.17) is 4.74 Å². The molecule has 1 saturated carbocycles. The summed E-state index contributed by atoms with van der Waals surface area (Å²) in [6.45, 7) is 1.37. The van der Waals surface area contributed by atoms with Crippen molar-refractivity contribution in [3.8, 4) is 0 Å². The number of hydrogen-bond acceptors (Lipinski definition) is 5. The van der Waals surface area contributed by atoms with Gasteiger partial charge in [0.25, 0.3) is 0 Å². The molecular weight excluding hydrogens is 330 g/mol. The Kier molecular flexibility index (Phi) is 3.61. The molecule has 1 fully saturated rings. The van der Waals surface area contributed by atoms with E-state index in [1.165, 1.54) is 6.26 Å². The Labute approximate surface area is 139 Å². The molecule has 1 aliphatic heterocycles. The molecule has 0 saturated heterocycles. The first-order chi connectivity index (χ1) is 11.4. The zero-order chi connectivity index (χ0) is 16.9. The molecule has 1 atom stereocenters. The van der Waals surface area contributed by atoms with E-state index in [-0.39, 0.29) is 22.8 Å². The van der Waals surface area contributed by atoms with E-state index in [0.29, 0.717) is 25.3 Å². The summed E-state index contributed by atoms with van der Waals surface area (Å²) in [6, 6.07) is 4.94. The van der Waals surface area contributed by atoms with Crippen LogP contribution in [0.25, 0.3) is 11.0 Å². The fraction of sp³-hybridized carbons (Fsp3) is 0.500. The molecule has 2 aromatic rings. The molecule has 1 aromatic heterocycles. The zero-order valence-corrected chi connectivity index (χ0v) is 14.2. The van der Waals surface area contributed by atoms with Crippen molar-refractivity contribution in [2.24, 2.45) is 5.92 Å². The van der Waals surface area contributed by atoms with Crippen LogP contribution < -0.4 is 5.32 Å². The number of amides is 1. The second-order valence-corrected chi connectivity index (χ2v) is 8.52. The minimum Gasteiger partial charge on any atom is -0.371 e. The van der Waals surface area contributed by atoms with Gasteiger partial charge in [0.2, 0.25) is 5.91 Å². The SMILES string of the molecule is CS(=O)(=O)c1ccc2c(c1)nc1n2C(CNC(=O)C2CC2)COC1. The summed E-state index contributed by atoms with van der Waals surface area (Å²) in [5, 5.41) is 2.98. The van der Waals surface area contributed by atoms with Crippen molar-refractivity contribution in [3.05, 3.63) is 24.0 Å². The number of hydrogen-bond donors (Lipinski definition) is 1. The van der Waals surface area contributed by atoms with Gasteiger partial charge < -0.3 is 14.6 Å². The van der Waals surface area contributed by atoms with Gasteiger partial charge in [-0.3, -0.25) is 4.79 Å². The first-order valence-corrected chi connectivity index (χ1v) is 9.89. The van der Waals surface area contributed by atoms with E-state index < -0.39 is 9.84 Å². The molecule has 8 heteroatoms. The quantitative estimate of drug-likeness (QED) is 0.891. The molecule has 0 spiro atoms. The van der Waals surface area contributed by atoms with Gasteiger partial charge in [0.15, 0.2) is 9.84 Å². The fourth-order valence-corrected chi connectivity index (χ4v) is 3.73. The summed E-state index contributed by atoms with van der Waals surface area (Å²) in [4.78, 5) is 16.6. The van der Waals surface area contributed by atoms with Crippen LogP contribution in [0.15, 0.2) is 23.1 Å². The highest BCUT2D eigenvalue weighted by atomic mass is 32.2. The van der Waals surface area contributed by atoms with Crippen molar-refractivity contribution >= 4 is 26.8 Å². The number of rotatable bonds is 4. The lowest BCUT2D eigenvalue weighted by molar-refractivity contribution is -0.122. The maximum Gasteiger partial charge on any atom is 0.223 e. The normalized spacial score (nSPS) is 20.8.